The van der Waals surface area contributed by atoms with Crippen LogP contribution >= 0.6 is 0 Å². The Balaban J connectivity index is 1.37. The van der Waals surface area contributed by atoms with Crippen molar-refractivity contribution in [1.29, 1.82) is 0 Å². The first-order chi connectivity index (χ1) is 14.5. The van der Waals surface area contributed by atoms with Crippen LogP contribution in [0.4, 0.5) is 4.79 Å². The van der Waals surface area contributed by atoms with E-state index in [9.17, 15) is 9.59 Å². The van der Waals surface area contributed by atoms with Crippen LogP contribution in [-0.4, -0.2) is 43.4 Å². The van der Waals surface area contributed by atoms with Gasteiger partial charge < -0.3 is 24.3 Å². The summed E-state index contributed by atoms with van der Waals surface area (Å²) in [6.45, 7) is 4.86. The van der Waals surface area contributed by atoms with Crippen molar-refractivity contribution in [2.24, 2.45) is 0 Å². The van der Waals surface area contributed by atoms with Crippen LogP contribution in [-0.2, 0) is 10.3 Å². The predicted molar refractivity (Wildman–Crippen MR) is 108 cm³/mol. The predicted octanol–water partition coefficient (Wildman–Crippen LogP) is 3.05. The van der Waals surface area contributed by atoms with Gasteiger partial charge in [-0.05, 0) is 55.3 Å². The average Bonchev–Trinajstić information content (AvgIpc) is 3.31. The van der Waals surface area contributed by atoms with Crippen LogP contribution in [0.25, 0.3) is 0 Å². The summed E-state index contributed by atoms with van der Waals surface area (Å²) >= 11 is 0. The molecule has 30 heavy (non-hydrogen) atoms. The SMILES string of the molecule is CCCOc1ccc(OCCN2C(=O)NC(C)(c3ccc4c(c3)OCO4)C2=O)cc1. The molecule has 0 aliphatic carbocycles. The third-order valence-corrected chi connectivity index (χ3v) is 5.11. The molecule has 3 amide bonds. The minimum atomic E-state index is -1.17. The van der Waals surface area contributed by atoms with Gasteiger partial charge in [0.2, 0.25) is 6.79 Å². The largest absolute Gasteiger partial charge is 0.494 e. The summed E-state index contributed by atoms with van der Waals surface area (Å²) < 4.78 is 21.9. The highest BCUT2D eigenvalue weighted by Gasteiger charge is 2.49. The van der Waals surface area contributed by atoms with Crippen LogP contribution in [0.15, 0.2) is 42.5 Å². The quantitative estimate of drug-likeness (QED) is 0.671. The van der Waals surface area contributed by atoms with Gasteiger partial charge >= 0.3 is 6.03 Å². The Bertz CT molecular complexity index is 945. The number of hydrogen-bond donors (Lipinski definition) is 1. The highest BCUT2D eigenvalue weighted by molar-refractivity contribution is 6.07. The summed E-state index contributed by atoms with van der Waals surface area (Å²) in [5.41, 5.74) is -0.535. The molecule has 2 aromatic rings. The number of carbonyl (C=O) groups excluding carboxylic acids is 2. The van der Waals surface area contributed by atoms with E-state index in [4.69, 9.17) is 18.9 Å². The minimum absolute atomic E-state index is 0.138. The van der Waals surface area contributed by atoms with Gasteiger partial charge in [-0.1, -0.05) is 13.0 Å². The van der Waals surface area contributed by atoms with E-state index in [1.54, 1.807) is 37.3 Å². The van der Waals surface area contributed by atoms with E-state index in [0.717, 1.165) is 12.2 Å². The van der Waals surface area contributed by atoms with Crippen LogP contribution in [0.2, 0.25) is 0 Å². The van der Waals surface area contributed by atoms with Crippen LogP contribution in [0.3, 0.4) is 0 Å². The lowest BCUT2D eigenvalue weighted by Gasteiger charge is -2.22. The molecule has 4 rings (SSSR count). The maximum atomic E-state index is 13.0. The zero-order chi connectivity index (χ0) is 21.1. The number of urea groups is 1. The number of rotatable bonds is 8. The zero-order valence-electron chi connectivity index (χ0n) is 17.0. The van der Waals surface area contributed by atoms with Crippen LogP contribution in [0, 0.1) is 0 Å². The minimum Gasteiger partial charge on any atom is -0.494 e. The maximum Gasteiger partial charge on any atom is 0.325 e. The van der Waals surface area contributed by atoms with Gasteiger partial charge in [0, 0.05) is 0 Å². The van der Waals surface area contributed by atoms with Crippen molar-refractivity contribution in [3.05, 3.63) is 48.0 Å². The van der Waals surface area contributed by atoms with Gasteiger partial charge in [-0.2, -0.15) is 0 Å². The Morgan fingerprint density at radius 2 is 1.67 bits per heavy atom. The number of benzene rings is 2. The Morgan fingerprint density at radius 1 is 1.00 bits per heavy atom. The number of carbonyl (C=O) groups is 2. The average molecular weight is 412 g/mol. The highest BCUT2D eigenvalue weighted by Crippen LogP contribution is 2.37. The third-order valence-electron chi connectivity index (χ3n) is 5.11. The summed E-state index contributed by atoms with van der Waals surface area (Å²) in [6.07, 6.45) is 0.940. The Morgan fingerprint density at radius 3 is 2.37 bits per heavy atom. The van der Waals surface area contributed by atoms with Crippen molar-refractivity contribution in [1.82, 2.24) is 10.2 Å². The second-order valence-corrected chi connectivity index (χ2v) is 7.25. The first kappa shape index (κ1) is 19.9. The molecular formula is C22H24N2O6. The van der Waals surface area contributed by atoms with Crippen molar-refractivity contribution < 1.29 is 28.5 Å². The first-order valence-electron chi connectivity index (χ1n) is 9.91. The molecule has 2 aliphatic heterocycles. The number of ether oxygens (including phenoxy) is 4. The van der Waals surface area contributed by atoms with Gasteiger partial charge in [0.25, 0.3) is 5.91 Å². The van der Waals surface area contributed by atoms with E-state index in [0.29, 0.717) is 29.4 Å². The van der Waals surface area contributed by atoms with Gasteiger partial charge in [0.15, 0.2) is 11.5 Å². The van der Waals surface area contributed by atoms with Gasteiger partial charge in [0.1, 0.15) is 23.6 Å². The van der Waals surface area contributed by atoms with E-state index in [-0.39, 0.29) is 25.9 Å². The Kier molecular flexibility index (Phi) is 5.39. The molecule has 158 valence electrons. The number of nitrogens with zero attached hydrogens (tertiary/aromatic N) is 1. The fourth-order valence-electron chi connectivity index (χ4n) is 3.41. The normalized spacial score (nSPS) is 19.7. The van der Waals surface area contributed by atoms with Crippen LogP contribution in [0.1, 0.15) is 25.8 Å². The smallest absolute Gasteiger partial charge is 0.325 e. The maximum absolute atomic E-state index is 13.0. The Labute approximate surface area is 174 Å². The van der Waals surface area contributed by atoms with E-state index >= 15 is 0 Å². The summed E-state index contributed by atoms with van der Waals surface area (Å²) in [5.74, 6) is 2.26. The van der Waals surface area contributed by atoms with E-state index < -0.39 is 11.6 Å². The fourth-order valence-corrected chi connectivity index (χ4v) is 3.41. The fraction of sp³-hybridized carbons (Fsp3) is 0.364. The topological polar surface area (TPSA) is 86.3 Å². The molecule has 1 atom stereocenters. The molecule has 1 N–H and O–H groups in total. The number of fused-ring (bicyclic) bond motifs is 1. The molecule has 0 spiro atoms. The molecule has 2 aliphatic rings. The van der Waals surface area contributed by atoms with E-state index in [1.165, 1.54) is 4.90 Å². The summed E-state index contributed by atoms with van der Waals surface area (Å²) in [7, 11) is 0. The molecule has 0 radical (unpaired) electrons. The molecule has 1 saturated heterocycles. The lowest BCUT2D eigenvalue weighted by atomic mass is 9.91. The number of imide groups is 1. The monoisotopic (exact) mass is 412 g/mol. The second kappa shape index (κ2) is 8.14. The van der Waals surface area contributed by atoms with Crippen molar-refractivity contribution in [2.45, 2.75) is 25.8 Å². The summed E-state index contributed by atoms with van der Waals surface area (Å²) in [5, 5.41) is 2.78. The lowest BCUT2D eigenvalue weighted by molar-refractivity contribution is -0.131. The van der Waals surface area contributed by atoms with E-state index in [2.05, 4.69) is 5.32 Å². The zero-order valence-corrected chi connectivity index (χ0v) is 17.0. The van der Waals surface area contributed by atoms with Crippen LogP contribution < -0.4 is 24.3 Å². The summed E-state index contributed by atoms with van der Waals surface area (Å²) in [6, 6.07) is 12.0. The molecule has 0 bridgehead atoms. The lowest BCUT2D eigenvalue weighted by Crippen LogP contribution is -2.41. The van der Waals surface area contributed by atoms with Gasteiger partial charge in [0.05, 0.1) is 13.2 Å². The summed E-state index contributed by atoms with van der Waals surface area (Å²) in [4.78, 5) is 26.7. The number of hydrogen-bond acceptors (Lipinski definition) is 6. The van der Waals surface area contributed by atoms with Gasteiger partial charge in [-0.3, -0.25) is 9.69 Å². The molecule has 0 saturated carbocycles. The van der Waals surface area contributed by atoms with E-state index in [1.807, 2.05) is 19.1 Å². The Hall–Kier alpha value is -3.42. The first-order valence-corrected chi connectivity index (χ1v) is 9.91. The standard InChI is InChI=1S/C22H24N2O6/c1-3-11-27-16-5-7-17(8-6-16)28-12-10-24-20(25)22(2,23-21(24)26)15-4-9-18-19(13-15)30-14-29-18/h4-9,13H,3,10-12,14H2,1-2H3,(H,23,26). The third kappa shape index (κ3) is 3.72. The van der Waals surface area contributed by atoms with Crippen molar-refractivity contribution >= 4 is 11.9 Å². The number of amides is 3. The molecule has 2 aromatic carbocycles. The highest BCUT2D eigenvalue weighted by atomic mass is 16.7. The molecule has 1 fully saturated rings. The van der Waals surface area contributed by atoms with Crippen LogP contribution in [0.5, 0.6) is 23.0 Å². The molecule has 8 nitrogen and oxygen atoms in total. The molecule has 1 unspecified atom stereocenters. The van der Waals surface area contributed by atoms with Crippen molar-refractivity contribution in [2.75, 3.05) is 26.6 Å². The molecular weight excluding hydrogens is 388 g/mol. The van der Waals surface area contributed by atoms with Crippen molar-refractivity contribution in [3.63, 3.8) is 0 Å². The molecule has 0 aromatic heterocycles. The number of nitrogens with one attached hydrogen (secondary N) is 1. The molecule has 2 heterocycles. The molecule has 8 heteroatoms. The van der Waals surface area contributed by atoms with Crippen molar-refractivity contribution in [3.8, 4) is 23.0 Å². The van der Waals surface area contributed by atoms with Gasteiger partial charge in [-0.25, -0.2) is 4.79 Å². The second-order valence-electron chi connectivity index (χ2n) is 7.25. The van der Waals surface area contributed by atoms with Gasteiger partial charge in [-0.15, -0.1) is 0 Å².